The fourth-order valence-electron chi connectivity index (χ4n) is 2.40. The molecule has 0 fully saturated rings. The summed E-state index contributed by atoms with van der Waals surface area (Å²) in [5, 5.41) is 12.1. The van der Waals surface area contributed by atoms with Crippen molar-refractivity contribution in [2.45, 2.75) is 18.6 Å². The summed E-state index contributed by atoms with van der Waals surface area (Å²) < 4.78 is 15.5. The van der Waals surface area contributed by atoms with Crippen molar-refractivity contribution in [1.29, 1.82) is 0 Å². The number of halogens is 2. The Labute approximate surface area is 159 Å². The molecule has 0 aliphatic heterocycles. The topological polar surface area (TPSA) is 59.8 Å². The first-order chi connectivity index (χ1) is 12.6. The molecule has 0 atom stereocenters. The summed E-state index contributed by atoms with van der Waals surface area (Å²) in [5.74, 6) is -0.0432. The van der Waals surface area contributed by atoms with Crippen LogP contribution in [-0.2, 0) is 11.3 Å². The van der Waals surface area contributed by atoms with E-state index in [2.05, 4.69) is 15.5 Å². The number of thioether (sulfide) groups is 1. The van der Waals surface area contributed by atoms with Gasteiger partial charge >= 0.3 is 0 Å². The molecule has 0 aliphatic carbocycles. The van der Waals surface area contributed by atoms with Crippen molar-refractivity contribution in [2.24, 2.45) is 0 Å². The summed E-state index contributed by atoms with van der Waals surface area (Å²) in [6, 6.07) is 13.4. The van der Waals surface area contributed by atoms with Crippen LogP contribution in [0.5, 0.6) is 0 Å². The molecule has 0 bridgehead atoms. The van der Waals surface area contributed by atoms with Crippen molar-refractivity contribution in [3.05, 3.63) is 59.4 Å². The smallest absolute Gasteiger partial charge is 0.234 e. The molecular formula is C18H16ClFN4OS. The minimum absolute atomic E-state index is 0.0923. The van der Waals surface area contributed by atoms with Crippen LogP contribution in [0.3, 0.4) is 0 Å². The highest BCUT2D eigenvalue weighted by Gasteiger charge is 2.16. The molecule has 8 heteroatoms. The predicted octanol–water partition coefficient (Wildman–Crippen LogP) is 4.49. The Morgan fingerprint density at radius 3 is 2.65 bits per heavy atom. The molecule has 1 amide bonds. The molecule has 0 saturated carbocycles. The molecule has 26 heavy (non-hydrogen) atoms. The van der Waals surface area contributed by atoms with Crippen molar-refractivity contribution in [3.8, 4) is 11.4 Å². The molecule has 134 valence electrons. The lowest BCUT2D eigenvalue weighted by Crippen LogP contribution is -2.15. The second-order valence-electron chi connectivity index (χ2n) is 5.35. The van der Waals surface area contributed by atoms with Gasteiger partial charge in [-0.25, -0.2) is 4.39 Å². The highest BCUT2D eigenvalue weighted by molar-refractivity contribution is 7.99. The van der Waals surface area contributed by atoms with Gasteiger partial charge in [0.2, 0.25) is 5.91 Å². The number of hydrogen-bond acceptors (Lipinski definition) is 4. The monoisotopic (exact) mass is 390 g/mol. The van der Waals surface area contributed by atoms with Crippen molar-refractivity contribution >= 4 is 35.0 Å². The molecule has 1 heterocycles. The Kier molecular flexibility index (Phi) is 5.90. The van der Waals surface area contributed by atoms with Gasteiger partial charge in [-0.1, -0.05) is 47.6 Å². The van der Waals surface area contributed by atoms with Crippen LogP contribution >= 0.6 is 23.4 Å². The highest BCUT2D eigenvalue weighted by atomic mass is 35.5. The van der Waals surface area contributed by atoms with Gasteiger partial charge in [-0.2, -0.15) is 0 Å². The second kappa shape index (κ2) is 8.33. The molecule has 0 saturated heterocycles. The largest absolute Gasteiger partial charge is 0.323 e. The minimum Gasteiger partial charge on any atom is -0.323 e. The molecule has 0 spiro atoms. The number of carbonyl (C=O) groups is 1. The van der Waals surface area contributed by atoms with Crippen LogP contribution in [0.2, 0.25) is 5.02 Å². The molecule has 5 nitrogen and oxygen atoms in total. The van der Waals surface area contributed by atoms with E-state index in [0.29, 0.717) is 22.5 Å². The minimum atomic E-state index is -0.469. The third kappa shape index (κ3) is 4.05. The average molecular weight is 391 g/mol. The van der Waals surface area contributed by atoms with Crippen LogP contribution in [-0.4, -0.2) is 26.4 Å². The van der Waals surface area contributed by atoms with Gasteiger partial charge in [0.25, 0.3) is 0 Å². The van der Waals surface area contributed by atoms with E-state index in [-0.39, 0.29) is 17.3 Å². The fourth-order valence-corrected chi connectivity index (χ4v) is 3.42. The quantitative estimate of drug-likeness (QED) is 0.630. The first kappa shape index (κ1) is 18.4. The van der Waals surface area contributed by atoms with Crippen LogP contribution in [0.15, 0.2) is 53.7 Å². The van der Waals surface area contributed by atoms with Gasteiger partial charge in [-0.15, -0.1) is 10.2 Å². The van der Waals surface area contributed by atoms with Crippen molar-refractivity contribution in [1.82, 2.24) is 14.8 Å². The van der Waals surface area contributed by atoms with Gasteiger partial charge in [0.1, 0.15) is 5.82 Å². The van der Waals surface area contributed by atoms with Crippen LogP contribution in [0.25, 0.3) is 11.4 Å². The number of aromatic nitrogens is 3. The highest BCUT2D eigenvalue weighted by Crippen LogP contribution is 2.29. The number of para-hydroxylation sites is 1. The number of rotatable bonds is 6. The third-order valence-corrected chi connectivity index (χ3v) is 4.92. The van der Waals surface area contributed by atoms with Crippen molar-refractivity contribution in [2.75, 3.05) is 11.1 Å². The number of nitrogens with zero attached hydrogens (tertiary/aromatic N) is 3. The van der Waals surface area contributed by atoms with E-state index in [1.165, 1.54) is 23.9 Å². The zero-order chi connectivity index (χ0) is 18.5. The summed E-state index contributed by atoms with van der Waals surface area (Å²) in [7, 11) is 0. The molecule has 2 aromatic carbocycles. The first-order valence-corrected chi connectivity index (χ1v) is 9.31. The number of nitrogens with one attached hydrogen (secondary N) is 1. The normalized spacial score (nSPS) is 10.7. The maximum atomic E-state index is 13.6. The molecular weight excluding hydrogens is 375 g/mol. The summed E-state index contributed by atoms with van der Waals surface area (Å²) in [6.45, 7) is 2.60. The Morgan fingerprint density at radius 1 is 1.19 bits per heavy atom. The lowest BCUT2D eigenvalue weighted by molar-refractivity contribution is -0.113. The van der Waals surface area contributed by atoms with E-state index < -0.39 is 5.82 Å². The van der Waals surface area contributed by atoms with E-state index in [9.17, 15) is 9.18 Å². The molecule has 0 unspecified atom stereocenters. The summed E-state index contributed by atoms with van der Waals surface area (Å²) in [6.07, 6.45) is 0. The zero-order valence-corrected chi connectivity index (χ0v) is 15.5. The van der Waals surface area contributed by atoms with Gasteiger partial charge in [0, 0.05) is 12.1 Å². The van der Waals surface area contributed by atoms with Crippen LogP contribution in [0, 0.1) is 5.82 Å². The number of amides is 1. The molecule has 0 radical (unpaired) electrons. The van der Waals surface area contributed by atoms with E-state index in [0.717, 1.165) is 5.56 Å². The molecule has 3 rings (SSSR count). The Balaban J connectivity index is 1.72. The number of anilines is 1. The van der Waals surface area contributed by atoms with E-state index in [1.54, 1.807) is 18.2 Å². The van der Waals surface area contributed by atoms with E-state index in [4.69, 9.17) is 11.6 Å². The van der Waals surface area contributed by atoms with Gasteiger partial charge in [-0.3, -0.25) is 4.79 Å². The summed E-state index contributed by atoms with van der Waals surface area (Å²) in [4.78, 5) is 12.1. The van der Waals surface area contributed by atoms with Gasteiger partial charge < -0.3 is 9.88 Å². The van der Waals surface area contributed by atoms with Crippen LogP contribution < -0.4 is 5.32 Å². The van der Waals surface area contributed by atoms with Gasteiger partial charge in [0.05, 0.1) is 16.5 Å². The molecule has 0 aliphatic rings. The van der Waals surface area contributed by atoms with Crippen LogP contribution in [0.1, 0.15) is 6.92 Å². The third-order valence-electron chi connectivity index (χ3n) is 3.63. The average Bonchev–Trinajstić information content (AvgIpc) is 3.05. The number of carbonyl (C=O) groups excluding carboxylic acids is 1. The Bertz CT molecular complexity index is 931. The maximum absolute atomic E-state index is 13.6. The first-order valence-electron chi connectivity index (χ1n) is 7.95. The second-order valence-corrected chi connectivity index (χ2v) is 6.70. The predicted molar refractivity (Wildman–Crippen MR) is 102 cm³/mol. The molecule has 1 aromatic heterocycles. The summed E-state index contributed by atoms with van der Waals surface area (Å²) in [5.41, 5.74) is 0.943. The Hall–Kier alpha value is -2.38. The van der Waals surface area contributed by atoms with Gasteiger partial charge in [0.15, 0.2) is 11.0 Å². The fraction of sp³-hybridized carbons (Fsp3) is 0.167. The number of benzene rings is 2. The van der Waals surface area contributed by atoms with Crippen LogP contribution in [0.4, 0.5) is 10.1 Å². The standard InChI is InChI=1S/C18H16ClFN4OS/c1-2-24-17(12-7-3-4-8-13(12)19)22-23-18(24)26-11-16(25)21-15-10-6-5-9-14(15)20/h3-10H,2,11H2,1H3,(H,21,25). The van der Waals surface area contributed by atoms with E-state index in [1.807, 2.05) is 29.7 Å². The van der Waals surface area contributed by atoms with Crippen molar-refractivity contribution < 1.29 is 9.18 Å². The summed E-state index contributed by atoms with van der Waals surface area (Å²) >= 11 is 7.48. The molecule has 1 N–H and O–H groups in total. The SMILES string of the molecule is CCn1c(SCC(=O)Nc2ccccc2F)nnc1-c1ccccc1Cl. The Morgan fingerprint density at radius 2 is 1.92 bits per heavy atom. The van der Waals surface area contributed by atoms with Crippen molar-refractivity contribution in [3.63, 3.8) is 0 Å². The number of hydrogen-bond donors (Lipinski definition) is 1. The lowest BCUT2D eigenvalue weighted by Gasteiger charge is -2.09. The van der Waals surface area contributed by atoms with E-state index >= 15 is 0 Å². The van der Waals surface area contributed by atoms with Gasteiger partial charge in [-0.05, 0) is 31.2 Å². The molecule has 3 aromatic rings. The maximum Gasteiger partial charge on any atom is 0.234 e. The lowest BCUT2D eigenvalue weighted by atomic mass is 10.2. The zero-order valence-electron chi connectivity index (χ0n) is 13.9.